The van der Waals surface area contributed by atoms with E-state index >= 15 is 0 Å². The molecule has 2 nitrogen and oxygen atoms in total. The van der Waals surface area contributed by atoms with Crippen LogP contribution in [0.1, 0.15) is 19.4 Å². The van der Waals surface area contributed by atoms with Gasteiger partial charge in [0, 0.05) is 35.2 Å². The first kappa shape index (κ1) is 14.3. The summed E-state index contributed by atoms with van der Waals surface area (Å²) in [5.74, 6) is 0. The van der Waals surface area contributed by atoms with Crippen LogP contribution in [0, 0.1) is 5.41 Å². The highest BCUT2D eigenvalue weighted by Crippen LogP contribution is 2.29. The third-order valence-corrected chi connectivity index (χ3v) is 4.64. The van der Waals surface area contributed by atoms with Crippen molar-refractivity contribution >= 4 is 27.5 Å². The number of halogens is 2. The first-order valence-electron chi connectivity index (χ1n) is 6.24. The first-order valence-corrected chi connectivity index (χ1v) is 7.41. The minimum atomic E-state index is 0.327. The van der Waals surface area contributed by atoms with E-state index in [2.05, 4.69) is 53.1 Å². The molecule has 1 aromatic rings. The van der Waals surface area contributed by atoms with Crippen molar-refractivity contribution in [2.45, 2.75) is 26.4 Å². The van der Waals surface area contributed by atoms with Gasteiger partial charge in [-0.25, -0.2) is 0 Å². The van der Waals surface area contributed by atoms with E-state index in [1.807, 2.05) is 12.1 Å². The molecule has 1 aliphatic rings. The highest BCUT2D eigenvalue weighted by atomic mass is 79.9. The van der Waals surface area contributed by atoms with Gasteiger partial charge in [0.05, 0.1) is 0 Å². The third-order valence-electron chi connectivity index (χ3n) is 3.67. The quantitative estimate of drug-likeness (QED) is 0.911. The predicted molar refractivity (Wildman–Crippen MR) is 81.1 cm³/mol. The second kappa shape index (κ2) is 5.49. The Balaban J connectivity index is 1.99. The summed E-state index contributed by atoms with van der Waals surface area (Å²) in [5, 5.41) is 4.43. The van der Waals surface area contributed by atoms with Crippen LogP contribution in [0.2, 0.25) is 5.02 Å². The molecule has 0 saturated carbocycles. The van der Waals surface area contributed by atoms with Gasteiger partial charge >= 0.3 is 0 Å². The van der Waals surface area contributed by atoms with Crippen LogP contribution < -0.4 is 5.32 Å². The van der Waals surface area contributed by atoms with Gasteiger partial charge in [-0.3, -0.25) is 0 Å². The summed E-state index contributed by atoms with van der Waals surface area (Å²) < 4.78 is 1.08. The molecule has 1 saturated heterocycles. The predicted octanol–water partition coefficient (Wildman–Crippen LogP) is 3.53. The largest absolute Gasteiger partial charge is 0.308 e. The number of nitrogens with zero attached hydrogens (tertiary/aromatic N) is 1. The molecule has 1 fully saturated rings. The summed E-state index contributed by atoms with van der Waals surface area (Å²) in [4.78, 5) is 2.38. The summed E-state index contributed by atoms with van der Waals surface area (Å²) in [6, 6.07) is 6.50. The number of hydrogen-bond acceptors (Lipinski definition) is 2. The lowest BCUT2D eigenvalue weighted by Crippen LogP contribution is -2.40. The number of hydrogen-bond donors (Lipinski definition) is 1. The van der Waals surface area contributed by atoms with E-state index in [1.54, 1.807) is 0 Å². The van der Waals surface area contributed by atoms with Crippen LogP contribution in [-0.2, 0) is 6.54 Å². The fourth-order valence-electron chi connectivity index (χ4n) is 2.67. The molecule has 1 aromatic carbocycles. The van der Waals surface area contributed by atoms with Crippen LogP contribution in [0.3, 0.4) is 0 Å². The molecule has 100 valence electrons. The van der Waals surface area contributed by atoms with Crippen LogP contribution in [0.5, 0.6) is 0 Å². The zero-order valence-electron chi connectivity index (χ0n) is 11.1. The average molecular weight is 332 g/mol. The monoisotopic (exact) mass is 330 g/mol. The van der Waals surface area contributed by atoms with Crippen molar-refractivity contribution in [1.29, 1.82) is 0 Å². The van der Waals surface area contributed by atoms with Gasteiger partial charge in [0.15, 0.2) is 0 Å². The van der Waals surface area contributed by atoms with E-state index in [0.717, 1.165) is 29.1 Å². The summed E-state index contributed by atoms with van der Waals surface area (Å²) >= 11 is 9.51. The first-order chi connectivity index (χ1) is 8.38. The maximum absolute atomic E-state index is 5.95. The summed E-state index contributed by atoms with van der Waals surface area (Å²) in [7, 11) is 2.18. The lowest BCUT2D eigenvalue weighted by atomic mass is 9.88. The minimum Gasteiger partial charge on any atom is -0.308 e. The summed E-state index contributed by atoms with van der Waals surface area (Å²) in [6.45, 7) is 7.78. The van der Waals surface area contributed by atoms with E-state index < -0.39 is 0 Å². The fraction of sp³-hybridized carbons (Fsp3) is 0.571. The van der Waals surface area contributed by atoms with E-state index in [-0.39, 0.29) is 0 Å². The van der Waals surface area contributed by atoms with Crippen molar-refractivity contribution < 1.29 is 0 Å². The van der Waals surface area contributed by atoms with Gasteiger partial charge in [-0.1, -0.05) is 47.4 Å². The molecular weight excluding hydrogens is 312 g/mol. The van der Waals surface area contributed by atoms with Crippen molar-refractivity contribution in [2.75, 3.05) is 20.1 Å². The third kappa shape index (κ3) is 3.27. The number of benzene rings is 1. The van der Waals surface area contributed by atoms with E-state index in [0.29, 0.717) is 11.5 Å². The molecule has 0 radical (unpaired) electrons. The van der Waals surface area contributed by atoms with Crippen molar-refractivity contribution in [3.8, 4) is 0 Å². The zero-order valence-corrected chi connectivity index (χ0v) is 13.5. The van der Waals surface area contributed by atoms with Crippen molar-refractivity contribution in [3.63, 3.8) is 0 Å². The SMILES string of the molecule is CN1CC(NCc2ccc(Cl)cc2Br)C(C)(C)C1. The average Bonchev–Trinajstić information content (AvgIpc) is 2.50. The Morgan fingerprint density at radius 2 is 2.22 bits per heavy atom. The minimum absolute atomic E-state index is 0.327. The lowest BCUT2D eigenvalue weighted by molar-refractivity contribution is 0.297. The number of nitrogens with one attached hydrogen (secondary N) is 1. The van der Waals surface area contributed by atoms with Crippen LogP contribution in [0.4, 0.5) is 0 Å². The Morgan fingerprint density at radius 3 is 2.78 bits per heavy atom. The maximum atomic E-state index is 5.95. The Labute approximate surface area is 123 Å². The van der Waals surface area contributed by atoms with Crippen molar-refractivity contribution in [2.24, 2.45) is 5.41 Å². The smallest absolute Gasteiger partial charge is 0.0417 e. The lowest BCUT2D eigenvalue weighted by Gasteiger charge is -2.27. The Hall–Kier alpha value is -0.0900. The molecule has 1 unspecified atom stereocenters. The van der Waals surface area contributed by atoms with Gasteiger partial charge in [-0.15, -0.1) is 0 Å². The van der Waals surface area contributed by atoms with Gasteiger partial charge in [-0.2, -0.15) is 0 Å². The van der Waals surface area contributed by atoms with E-state index in [1.165, 1.54) is 5.56 Å². The Kier molecular flexibility index (Phi) is 4.37. The topological polar surface area (TPSA) is 15.3 Å². The number of likely N-dealkylation sites (N-methyl/N-ethyl adjacent to an activating group) is 1. The van der Waals surface area contributed by atoms with E-state index in [9.17, 15) is 0 Å². The normalized spacial score (nSPS) is 23.5. The molecule has 1 aliphatic heterocycles. The van der Waals surface area contributed by atoms with Crippen molar-refractivity contribution in [3.05, 3.63) is 33.3 Å². The van der Waals surface area contributed by atoms with Crippen LogP contribution in [0.25, 0.3) is 0 Å². The van der Waals surface area contributed by atoms with Gasteiger partial charge in [0.2, 0.25) is 0 Å². The van der Waals surface area contributed by atoms with Gasteiger partial charge in [0.1, 0.15) is 0 Å². The molecule has 1 N–H and O–H groups in total. The second-order valence-electron chi connectivity index (χ2n) is 5.85. The molecule has 0 bridgehead atoms. The number of likely N-dealkylation sites (tertiary alicyclic amines) is 1. The van der Waals surface area contributed by atoms with Gasteiger partial charge in [-0.05, 0) is 30.2 Å². The van der Waals surface area contributed by atoms with Crippen LogP contribution in [0.15, 0.2) is 22.7 Å². The van der Waals surface area contributed by atoms with Crippen LogP contribution >= 0.6 is 27.5 Å². The summed E-state index contributed by atoms with van der Waals surface area (Å²) in [6.07, 6.45) is 0. The maximum Gasteiger partial charge on any atom is 0.0417 e. The number of rotatable bonds is 3. The molecule has 18 heavy (non-hydrogen) atoms. The zero-order chi connectivity index (χ0) is 13.3. The molecule has 0 aliphatic carbocycles. The molecule has 2 rings (SSSR count). The van der Waals surface area contributed by atoms with E-state index in [4.69, 9.17) is 11.6 Å². The molecular formula is C14H20BrClN2. The van der Waals surface area contributed by atoms with Gasteiger partial charge in [0.25, 0.3) is 0 Å². The van der Waals surface area contributed by atoms with Crippen LogP contribution in [-0.4, -0.2) is 31.1 Å². The van der Waals surface area contributed by atoms with Crippen molar-refractivity contribution in [1.82, 2.24) is 10.2 Å². The highest BCUT2D eigenvalue weighted by Gasteiger charge is 2.37. The molecule has 1 heterocycles. The molecule has 0 spiro atoms. The summed E-state index contributed by atoms with van der Waals surface area (Å²) in [5.41, 5.74) is 1.58. The second-order valence-corrected chi connectivity index (χ2v) is 7.15. The van der Waals surface area contributed by atoms with Gasteiger partial charge < -0.3 is 10.2 Å². The molecule has 0 aromatic heterocycles. The Morgan fingerprint density at radius 1 is 1.50 bits per heavy atom. The highest BCUT2D eigenvalue weighted by molar-refractivity contribution is 9.10. The molecule has 4 heteroatoms. The molecule has 1 atom stereocenters. The molecule has 0 amide bonds. The Bertz CT molecular complexity index is 434. The fourth-order valence-corrected chi connectivity index (χ4v) is 3.49. The standard InChI is InChI=1S/C14H20BrClN2/c1-14(2)9-18(3)8-13(14)17-7-10-4-5-11(16)6-12(10)15/h4-6,13,17H,7-9H2,1-3H3.